The van der Waals surface area contributed by atoms with E-state index in [1.54, 1.807) is 13.3 Å². The van der Waals surface area contributed by atoms with Gasteiger partial charge in [0.1, 0.15) is 11.3 Å². The first-order chi connectivity index (χ1) is 9.01. The third-order valence-corrected chi connectivity index (χ3v) is 4.42. The van der Waals surface area contributed by atoms with Gasteiger partial charge < -0.3 is 9.84 Å². The van der Waals surface area contributed by atoms with E-state index in [4.69, 9.17) is 4.74 Å². The Morgan fingerprint density at radius 2 is 2.11 bits per heavy atom. The zero-order chi connectivity index (χ0) is 14.0. The molecule has 0 saturated heterocycles. The minimum absolute atomic E-state index is 0.229. The van der Waals surface area contributed by atoms with Crippen molar-refractivity contribution in [3.05, 3.63) is 11.9 Å². The summed E-state index contributed by atoms with van der Waals surface area (Å²) in [4.78, 5) is 0. The van der Waals surface area contributed by atoms with Crippen molar-refractivity contribution in [1.82, 2.24) is 9.78 Å². The van der Waals surface area contributed by atoms with Crippen molar-refractivity contribution >= 4 is 0 Å². The average molecular weight is 266 g/mol. The SMILES string of the molecule is CCC1CCC(O)(c2c(OC)cnn2C(C)C)CC1. The van der Waals surface area contributed by atoms with Crippen molar-refractivity contribution in [2.24, 2.45) is 5.92 Å². The number of ether oxygens (including phenoxy) is 1. The molecule has 1 saturated carbocycles. The van der Waals surface area contributed by atoms with Crippen LogP contribution in [0.2, 0.25) is 0 Å². The summed E-state index contributed by atoms with van der Waals surface area (Å²) in [5, 5.41) is 15.4. The summed E-state index contributed by atoms with van der Waals surface area (Å²) in [6.45, 7) is 6.39. The molecule has 2 rings (SSSR count). The van der Waals surface area contributed by atoms with Gasteiger partial charge in [-0.25, -0.2) is 0 Å². The van der Waals surface area contributed by atoms with E-state index in [1.807, 2.05) is 4.68 Å². The molecule has 4 heteroatoms. The van der Waals surface area contributed by atoms with Crippen LogP contribution >= 0.6 is 0 Å². The molecule has 4 nitrogen and oxygen atoms in total. The van der Waals surface area contributed by atoms with Gasteiger partial charge in [0, 0.05) is 6.04 Å². The lowest BCUT2D eigenvalue weighted by atomic mass is 9.76. The van der Waals surface area contributed by atoms with Gasteiger partial charge in [0.2, 0.25) is 0 Å². The van der Waals surface area contributed by atoms with Gasteiger partial charge in [-0.15, -0.1) is 0 Å². The molecule has 1 aliphatic carbocycles. The summed E-state index contributed by atoms with van der Waals surface area (Å²) < 4.78 is 7.31. The highest BCUT2D eigenvalue weighted by atomic mass is 16.5. The quantitative estimate of drug-likeness (QED) is 0.910. The van der Waals surface area contributed by atoms with Crippen LogP contribution < -0.4 is 4.74 Å². The number of hydrogen-bond donors (Lipinski definition) is 1. The van der Waals surface area contributed by atoms with Gasteiger partial charge in [-0.3, -0.25) is 4.68 Å². The fourth-order valence-electron chi connectivity index (χ4n) is 3.13. The molecular formula is C15H26N2O2. The molecule has 108 valence electrons. The Bertz CT molecular complexity index is 418. The van der Waals surface area contributed by atoms with Crippen LogP contribution in [0.15, 0.2) is 6.20 Å². The van der Waals surface area contributed by atoms with Crippen LogP contribution in [0.5, 0.6) is 5.75 Å². The minimum Gasteiger partial charge on any atom is -0.493 e. The molecule has 1 aromatic rings. The molecule has 1 aromatic heterocycles. The average Bonchev–Trinajstić information content (AvgIpc) is 2.84. The topological polar surface area (TPSA) is 47.3 Å². The maximum absolute atomic E-state index is 11.0. The van der Waals surface area contributed by atoms with Crippen LogP contribution in [0.3, 0.4) is 0 Å². The van der Waals surface area contributed by atoms with Crippen molar-refractivity contribution in [3.8, 4) is 5.75 Å². The van der Waals surface area contributed by atoms with Gasteiger partial charge in [0.15, 0.2) is 5.75 Å². The lowest BCUT2D eigenvalue weighted by molar-refractivity contribution is -0.0246. The van der Waals surface area contributed by atoms with E-state index in [0.717, 1.165) is 37.3 Å². The second kappa shape index (κ2) is 5.53. The molecule has 0 atom stereocenters. The van der Waals surface area contributed by atoms with Gasteiger partial charge in [-0.05, 0) is 45.4 Å². The molecular weight excluding hydrogens is 240 g/mol. The highest BCUT2D eigenvalue weighted by Gasteiger charge is 2.40. The van der Waals surface area contributed by atoms with Crippen LogP contribution in [0.1, 0.15) is 64.6 Å². The van der Waals surface area contributed by atoms with Crippen LogP contribution in [0.25, 0.3) is 0 Å². The lowest BCUT2D eigenvalue weighted by Gasteiger charge is -2.36. The molecule has 0 bridgehead atoms. The normalized spacial score (nSPS) is 27.8. The minimum atomic E-state index is -0.780. The Kier molecular flexibility index (Phi) is 4.19. The molecule has 1 N–H and O–H groups in total. The van der Waals surface area contributed by atoms with E-state index >= 15 is 0 Å². The van der Waals surface area contributed by atoms with E-state index in [0.29, 0.717) is 5.75 Å². The first kappa shape index (κ1) is 14.4. The van der Waals surface area contributed by atoms with E-state index in [9.17, 15) is 5.11 Å². The van der Waals surface area contributed by atoms with Crippen molar-refractivity contribution in [3.63, 3.8) is 0 Å². The highest BCUT2D eigenvalue weighted by molar-refractivity contribution is 5.31. The van der Waals surface area contributed by atoms with E-state index in [-0.39, 0.29) is 6.04 Å². The number of hydrogen-bond acceptors (Lipinski definition) is 3. The third kappa shape index (κ3) is 2.64. The van der Waals surface area contributed by atoms with Crippen molar-refractivity contribution in [2.75, 3.05) is 7.11 Å². The van der Waals surface area contributed by atoms with Crippen LogP contribution in [0, 0.1) is 5.92 Å². The maximum atomic E-state index is 11.0. The predicted molar refractivity (Wildman–Crippen MR) is 75.3 cm³/mol. The van der Waals surface area contributed by atoms with E-state index in [2.05, 4.69) is 25.9 Å². The largest absolute Gasteiger partial charge is 0.493 e. The van der Waals surface area contributed by atoms with Crippen molar-refractivity contribution in [2.45, 2.75) is 64.5 Å². The fourth-order valence-corrected chi connectivity index (χ4v) is 3.13. The van der Waals surface area contributed by atoms with Gasteiger partial charge in [0.05, 0.1) is 13.3 Å². The molecule has 19 heavy (non-hydrogen) atoms. The molecule has 1 fully saturated rings. The second-order valence-corrected chi connectivity index (χ2v) is 5.98. The standard InChI is InChI=1S/C15H26N2O2/c1-5-12-6-8-15(18,9-7-12)14-13(19-4)10-16-17(14)11(2)3/h10-12,18H,5-9H2,1-4H3. The Labute approximate surface area is 115 Å². The molecule has 0 amide bonds. The smallest absolute Gasteiger partial charge is 0.162 e. The van der Waals surface area contributed by atoms with Crippen LogP contribution in [-0.2, 0) is 5.60 Å². The fraction of sp³-hybridized carbons (Fsp3) is 0.800. The maximum Gasteiger partial charge on any atom is 0.162 e. The van der Waals surface area contributed by atoms with Crippen LogP contribution in [0.4, 0.5) is 0 Å². The summed E-state index contributed by atoms with van der Waals surface area (Å²) in [7, 11) is 1.65. The number of aromatic nitrogens is 2. The Morgan fingerprint density at radius 1 is 1.47 bits per heavy atom. The first-order valence-electron chi connectivity index (χ1n) is 7.36. The molecule has 1 heterocycles. The summed E-state index contributed by atoms with van der Waals surface area (Å²) in [5.41, 5.74) is 0.0807. The third-order valence-electron chi connectivity index (χ3n) is 4.42. The molecule has 1 aliphatic rings. The van der Waals surface area contributed by atoms with E-state index < -0.39 is 5.60 Å². The predicted octanol–water partition coefficient (Wildman–Crippen LogP) is 3.26. The number of rotatable bonds is 4. The number of nitrogens with zero attached hydrogens (tertiary/aromatic N) is 2. The Hall–Kier alpha value is -1.03. The zero-order valence-corrected chi connectivity index (χ0v) is 12.5. The summed E-state index contributed by atoms with van der Waals surface area (Å²) in [6.07, 6.45) is 6.70. The molecule has 0 unspecified atom stereocenters. The summed E-state index contributed by atoms with van der Waals surface area (Å²) in [5.74, 6) is 1.47. The van der Waals surface area contributed by atoms with Crippen molar-refractivity contribution < 1.29 is 9.84 Å². The Balaban J connectivity index is 2.32. The zero-order valence-electron chi connectivity index (χ0n) is 12.5. The monoisotopic (exact) mass is 266 g/mol. The summed E-state index contributed by atoms with van der Waals surface area (Å²) in [6, 6.07) is 0.229. The van der Waals surface area contributed by atoms with Gasteiger partial charge in [-0.2, -0.15) is 5.10 Å². The molecule has 0 spiro atoms. The molecule has 0 aliphatic heterocycles. The molecule has 0 aromatic carbocycles. The number of aliphatic hydroxyl groups is 1. The summed E-state index contributed by atoms with van der Waals surface area (Å²) >= 11 is 0. The lowest BCUT2D eigenvalue weighted by Crippen LogP contribution is -2.34. The van der Waals surface area contributed by atoms with Gasteiger partial charge >= 0.3 is 0 Å². The Morgan fingerprint density at radius 3 is 2.58 bits per heavy atom. The molecule has 0 radical (unpaired) electrons. The first-order valence-corrected chi connectivity index (χ1v) is 7.36. The van der Waals surface area contributed by atoms with E-state index in [1.165, 1.54) is 6.42 Å². The van der Waals surface area contributed by atoms with Crippen molar-refractivity contribution in [1.29, 1.82) is 0 Å². The number of methoxy groups -OCH3 is 1. The second-order valence-electron chi connectivity index (χ2n) is 5.98. The van der Waals surface area contributed by atoms with Crippen LogP contribution in [-0.4, -0.2) is 22.0 Å². The van der Waals surface area contributed by atoms with Gasteiger partial charge in [0.25, 0.3) is 0 Å². The van der Waals surface area contributed by atoms with Gasteiger partial charge in [-0.1, -0.05) is 13.3 Å². The highest BCUT2D eigenvalue weighted by Crippen LogP contribution is 2.44.